The van der Waals surface area contributed by atoms with E-state index in [2.05, 4.69) is 9.97 Å². The molecule has 0 saturated heterocycles. The van der Waals surface area contributed by atoms with Crippen molar-refractivity contribution in [3.8, 4) is 17.0 Å². The molecule has 36 heavy (non-hydrogen) atoms. The van der Waals surface area contributed by atoms with Crippen LogP contribution in [0.15, 0.2) is 61.1 Å². The van der Waals surface area contributed by atoms with Crippen molar-refractivity contribution in [1.29, 1.82) is 0 Å². The van der Waals surface area contributed by atoms with Gasteiger partial charge >= 0.3 is 0 Å². The number of nitrogens with zero attached hydrogens (tertiary/aromatic N) is 4. The van der Waals surface area contributed by atoms with E-state index in [9.17, 15) is 14.7 Å². The highest BCUT2D eigenvalue weighted by Crippen LogP contribution is 2.30. The van der Waals surface area contributed by atoms with Crippen LogP contribution in [0.3, 0.4) is 0 Å². The molecule has 2 amide bonds. The maximum atomic E-state index is 13.6. The Morgan fingerprint density at radius 3 is 2.64 bits per heavy atom. The number of rotatable bonds is 6. The Bertz CT molecular complexity index is 1220. The number of ether oxygens (including phenoxy) is 1. The van der Waals surface area contributed by atoms with E-state index in [1.54, 1.807) is 47.4 Å². The fraction of sp³-hybridized carbons (Fsp3) is 0.357. The summed E-state index contributed by atoms with van der Waals surface area (Å²) < 4.78 is 6.32. The topological polar surface area (TPSA) is 95.9 Å². The number of benzene rings is 1. The summed E-state index contributed by atoms with van der Waals surface area (Å²) >= 11 is 0. The summed E-state index contributed by atoms with van der Waals surface area (Å²) in [6.07, 6.45) is 4.44. The smallest absolute Gasteiger partial charge is 0.259 e. The van der Waals surface area contributed by atoms with Crippen molar-refractivity contribution >= 4 is 11.8 Å². The Labute approximate surface area is 211 Å². The Kier molecular flexibility index (Phi) is 7.64. The molecular formula is C28H32N4O4. The monoisotopic (exact) mass is 488 g/mol. The minimum Gasteiger partial charge on any atom is -0.472 e. The quantitative estimate of drug-likeness (QED) is 0.571. The predicted octanol–water partition coefficient (Wildman–Crippen LogP) is 3.44. The van der Waals surface area contributed by atoms with E-state index < -0.39 is 6.10 Å². The molecular weight excluding hydrogens is 456 g/mol. The maximum Gasteiger partial charge on any atom is 0.259 e. The Balaban J connectivity index is 1.68. The minimum atomic E-state index is -0.423. The van der Waals surface area contributed by atoms with Gasteiger partial charge in [0.15, 0.2) is 0 Å². The summed E-state index contributed by atoms with van der Waals surface area (Å²) in [5.41, 5.74) is 3.72. The Morgan fingerprint density at radius 1 is 1.22 bits per heavy atom. The van der Waals surface area contributed by atoms with Crippen LogP contribution < -0.4 is 4.74 Å². The normalized spacial score (nSPS) is 18.5. The lowest BCUT2D eigenvalue weighted by Gasteiger charge is -2.37. The van der Waals surface area contributed by atoms with E-state index >= 15 is 0 Å². The molecule has 8 nitrogen and oxygen atoms in total. The van der Waals surface area contributed by atoms with Gasteiger partial charge in [-0.15, -0.1) is 0 Å². The lowest BCUT2D eigenvalue weighted by Crippen LogP contribution is -2.50. The van der Waals surface area contributed by atoms with Gasteiger partial charge in [-0.25, -0.2) is 4.98 Å². The zero-order valence-electron chi connectivity index (χ0n) is 21.1. The first kappa shape index (κ1) is 25.3. The Hall–Kier alpha value is -3.78. The van der Waals surface area contributed by atoms with Crippen LogP contribution in [0, 0.1) is 12.8 Å². The number of aromatic nitrogens is 2. The van der Waals surface area contributed by atoms with Crippen LogP contribution >= 0.6 is 0 Å². The number of pyridine rings is 2. The highest BCUT2D eigenvalue weighted by atomic mass is 16.5. The molecule has 0 aliphatic carbocycles. The Morgan fingerprint density at radius 2 is 1.97 bits per heavy atom. The number of amides is 2. The molecule has 1 aliphatic heterocycles. The molecule has 3 atom stereocenters. The largest absolute Gasteiger partial charge is 0.472 e. The standard InChI is InChI=1S/C28H32N4O4/c1-18-7-9-21(10-8-18)23-12-24-26(30-14-23)36-25(19(2)15-32(28(24)35)20(3)17-33)16-31(4)27(34)22-6-5-11-29-13-22/h5-14,19-20,25,33H,15-17H2,1-4H3/t19-,20+,25+/m1/s1. The van der Waals surface area contributed by atoms with Gasteiger partial charge in [0, 0.05) is 43.7 Å². The second kappa shape index (κ2) is 10.9. The molecule has 1 aliphatic rings. The van der Waals surface area contributed by atoms with Crippen molar-refractivity contribution in [3.05, 3.63) is 77.7 Å². The number of carbonyl (C=O) groups excluding carboxylic acids is 2. The van der Waals surface area contributed by atoms with Gasteiger partial charge in [0.1, 0.15) is 11.7 Å². The van der Waals surface area contributed by atoms with Crippen LogP contribution in [-0.2, 0) is 0 Å². The number of aliphatic hydroxyl groups is 1. The van der Waals surface area contributed by atoms with E-state index in [0.717, 1.165) is 16.7 Å². The number of fused-ring (bicyclic) bond motifs is 1. The van der Waals surface area contributed by atoms with E-state index in [1.165, 1.54) is 6.20 Å². The van der Waals surface area contributed by atoms with Gasteiger partial charge in [-0.2, -0.15) is 0 Å². The molecule has 3 aromatic rings. The summed E-state index contributed by atoms with van der Waals surface area (Å²) in [4.78, 5) is 38.4. The number of carbonyl (C=O) groups is 2. The third-order valence-corrected chi connectivity index (χ3v) is 6.61. The fourth-order valence-electron chi connectivity index (χ4n) is 4.29. The van der Waals surface area contributed by atoms with Crippen LogP contribution in [0.5, 0.6) is 5.88 Å². The van der Waals surface area contributed by atoms with Crippen LogP contribution in [0.25, 0.3) is 11.1 Å². The molecule has 0 unspecified atom stereocenters. The molecule has 8 heteroatoms. The van der Waals surface area contributed by atoms with Gasteiger partial charge in [0.25, 0.3) is 11.8 Å². The number of hydrogen-bond donors (Lipinski definition) is 1. The first-order chi connectivity index (χ1) is 17.3. The molecule has 0 spiro atoms. The summed E-state index contributed by atoms with van der Waals surface area (Å²) in [6.45, 7) is 6.31. The zero-order valence-corrected chi connectivity index (χ0v) is 21.1. The first-order valence-corrected chi connectivity index (χ1v) is 12.1. The summed E-state index contributed by atoms with van der Waals surface area (Å²) in [5, 5.41) is 9.87. The highest BCUT2D eigenvalue weighted by molar-refractivity contribution is 5.98. The average molecular weight is 489 g/mol. The molecule has 188 valence electrons. The molecule has 2 aromatic heterocycles. The second-order valence-corrected chi connectivity index (χ2v) is 9.49. The molecule has 3 heterocycles. The summed E-state index contributed by atoms with van der Waals surface area (Å²) in [7, 11) is 1.72. The number of aryl methyl sites for hydroxylation is 1. The van der Waals surface area contributed by atoms with Gasteiger partial charge in [-0.3, -0.25) is 14.6 Å². The maximum absolute atomic E-state index is 13.6. The first-order valence-electron chi connectivity index (χ1n) is 12.1. The van der Waals surface area contributed by atoms with Crippen molar-refractivity contribution in [2.24, 2.45) is 5.92 Å². The molecule has 0 saturated carbocycles. The molecule has 1 N–H and O–H groups in total. The van der Waals surface area contributed by atoms with E-state index in [-0.39, 0.29) is 36.3 Å². The van der Waals surface area contributed by atoms with Crippen LogP contribution in [-0.4, -0.2) is 75.6 Å². The highest BCUT2D eigenvalue weighted by Gasteiger charge is 2.35. The molecule has 1 aromatic carbocycles. The number of aliphatic hydroxyl groups excluding tert-OH is 1. The van der Waals surface area contributed by atoms with Gasteiger partial charge in [0.2, 0.25) is 5.88 Å². The van der Waals surface area contributed by atoms with Gasteiger partial charge in [-0.1, -0.05) is 36.8 Å². The number of likely N-dealkylation sites (N-methyl/N-ethyl adjacent to an activating group) is 1. The number of hydrogen-bond acceptors (Lipinski definition) is 6. The second-order valence-electron chi connectivity index (χ2n) is 9.49. The third kappa shape index (κ3) is 5.39. The van der Waals surface area contributed by atoms with Crippen LogP contribution in [0.2, 0.25) is 0 Å². The predicted molar refractivity (Wildman–Crippen MR) is 137 cm³/mol. The average Bonchev–Trinajstić information content (AvgIpc) is 2.90. The van der Waals surface area contributed by atoms with Crippen molar-refractivity contribution < 1.29 is 19.4 Å². The van der Waals surface area contributed by atoms with E-state index in [4.69, 9.17) is 4.74 Å². The van der Waals surface area contributed by atoms with Crippen molar-refractivity contribution in [2.45, 2.75) is 32.9 Å². The molecule has 4 rings (SSSR count). The van der Waals surface area contributed by atoms with E-state index in [1.807, 2.05) is 45.0 Å². The minimum absolute atomic E-state index is 0.126. The van der Waals surface area contributed by atoms with Gasteiger partial charge in [0.05, 0.1) is 24.8 Å². The zero-order chi connectivity index (χ0) is 25.8. The molecule has 0 fully saturated rings. The van der Waals surface area contributed by atoms with Gasteiger partial charge < -0.3 is 19.6 Å². The molecule has 0 radical (unpaired) electrons. The lowest BCUT2D eigenvalue weighted by atomic mass is 9.99. The van der Waals surface area contributed by atoms with Gasteiger partial charge in [-0.05, 0) is 37.6 Å². The lowest BCUT2D eigenvalue weighted by molar-refractivity contribution is 0.0313. The summed E-state index contributed by atoms with van der Waals surface area (Å²) in [5.74, 6) is -0.303. The summed E-state index contributed by atoms with van der Waals surface area (Å²) in [6, 6.07) is 12.9. The fourth-order valence-corrected chi connectivity index (χ4v) is 4.29. The molecule has 0 bridgehead atoms. The van der Waals surface area contributed by atoms with Crippen molar-refractivity contribution in [1.82, 2.24) is 19.8 Å². The van der Waals surface area contributed by atoms with Crippen LogP contribution in [0.1, 0.15) is 40.1 Å². The van der Waals surface area contributed by atoms with E-state index in [0.29, 0.717) is 24.2 Å². The van der Waals surface area contributed by atoms with Crippen molar-refractivity contribution in [3.63, 3.8) is 0 Å². The third-order valence-electron chi connectivity index (χ3n) is 6.61. The van der Waals surface area contributed by atoms with Crippen LogP contribution in [0.4, 0.5) is 0 Å². The van der Waals surface area contributed by atoms with Crippen molar-refractivity contribution in [2.75, 3.05) is 26.7 Å². The SMILES string of the molecule is Cc1ccc(-c2cnc3c(c2)C(=O)N([C@@H](C)CO)C[C@@H](C)[C@H](CN(C)C(=O)c2cccnc2)O3)cc1.